The summed E-state index contributed by atoms with van der Waals surface area (Å²) in [5.74, 6) is -0.319. The lowest BCUT2D eigenvalue weighted by atomic mass is 10.1. The Hall–Kier alpha value is -2.01. The summed E-state index contributed by atoms with van der Waals surface area (Å²) in [6, 6.07) is 9.89. The van der Waals surface area contributed by atoms with Gasteiger partial charge in [-0.15, -0.1) is 11.8 Å². The molecule has 2 aromatic rings. The van der Waals surface area contributed by atoms with Gasteiger partial charge in [0.2, 0.25) is 5.91 Å². The van der Waals surface area contributed by atoms with Crippen LogP contribution >= 0.6 is 11.8 Å². The van der Waals surface area contributed by atoms with E-state index in [1.165, 1.54) is 30.0 Å². The average molecular weight is 304 g/mol. The number of aryl methyl sites for hydroxylation is 1. The minimum Gasteiger partial charge on any atom is -0.398 e. The van der Waals surface area contributed by atoms with Crippen molar-refractivity contribution in [3.05, 3.63) is 53.3 Å². The normalized spacial score (nSPS) is 10.4. The van der Waals surface area contributed by atoms with Gasteiger partial charge in [0.05, 0.1) is 5.75 Å². The van der Waals surface area contributed by atoms with Gasteiger partial charge in [0.15, 0.2) is 0 Å². The summed E-state index contributed by atoms with van der Waals surface area (Å²) in [5.41, 5.74) is 9.19. The van der Waals surface area contributed by atoms with E-state index < -0.39 is 0 Å². The molecule has 0 aliphatic carbocycles. The van der Waals surface area contributed by atoms with Crippen molar-refractivity contribution < 1.29 is 9.18 Å². The highest BCUT2D eigenvalue weighted by atomic mass is 32.2. The number of halogens is 1. The van der Waals surface area contributed by atoms with Gasteiger partial charge in [-0.05, 0) is 49.2 Å². The highest BCUT2D eigenvalue weighted by Gasteiger charge is 2.08. The Kier molecular flexibility index (Phi) is 4.85. The number of rotatable bonds is 4. The fraction of sp³-hybridized carbons (Fsp3) is 0.188. The molecule has 0 aliphatic rings. The summed E-state index contributed by atoms with van der Waals surface area (Å²) in [4.78, 5) is 12.6. The van der Waals surface area contributed by atoms with Crippen molar-refractivity contribution in [2.75, 3.05) is 16.8 Å². The van der Waals surface area contributed by atoms with E-state index in [1.807, 2.05) is 32.0 Å². The molecular formula is C16H17FN2OS. The van der Waals surface area contributed by atoms with Crippen LogP contribution in [0.4, 0.5) is 15.8 Å². The molecule has 0 saturated heterocycles. The zero-order valence-electron chi connectivity index (χ0n) is 11.9. The first-order chi connectivity index (χ1) is 9.97. The molecule has 0 atom stereocenters. The second-order valence-electron chi connectivity index (χ2n) is 4.77. The Morgan fingerprint density at radius 2 is 2.05 bits per heavy atom. The van der Waals surface area contributed by atoms with Crippen molar-refractivity contribution in [2.45, 2.75) is 18.7 Å². The van der Waals surface area contributed by atoms with Crippen molar-refractivity contribution in [2.24, 2.45) is 0 Å². The minimum absolute atomic E-state index is 0.141. The van der Waals surface area contributed by atoms with Crippen LogP contribution in [0, 0.1) is 19.7 Å². The van der Waals surface area contributed by atoms with Crippen LogP contribution in [0.3, 0.4) is 0 Å². The molecular weight excluding hydrogens is 287 g/mol. The smallest absolute Gasteiger partial charge is 0.234 e. The van der Waals surface area contributed by atoms with Gasteiger partial charge >= 0.3 is 0 Å². The molecule has 0 unspecified atom stereocenters. The molecule has 5 heteroatoms. The van der Waals surface area contributed by atoms with Gasteiger partial charge in [-0.25, -0.2) is 4.39 Å². The van der Waals surface area contributed by atoms with Crippen LogP contribution in [0.5, 0.6) is 0 Å². The Balaban J connectivity index is 1.99. The van der Waals surface area contributed by atoms with Crippen LogP contribution < -0.4 is 11.1 Å². The lowest BCUT2D eigenvalue weighted by Crippen LogP contribution is -2.15. The van der Waals surface area contributed by atoms with E-state index >= 15 is 0 Å². The van der Waals surface area contributed by atoms with Gasteiger partial charge in [0.1, 0.15) is 5.82 Å². The summed E-state index contributed by atoms with van der Waals surface area (Å²) in [7, 11) is 0. The second kappa shape index (κ2) is 6.63. The standard InChI is InChI=1S/C16H17FN2OS/c1-10-4-3-5-14(11(10)2)19-16(20)9-21-15-8-12(17)6-7-13(15)18/h3-8H,9,18H2,1-2H3,(H,19,20). The molecule has 1 amide bonds. The van der Waals surface area contributed by atoms with E-state index in [0.717, 1.165) is 16.8 Å². The quantitative estimate of drug-likeness (QED) is 0.668. The molecule has 0 heterocycles. The Bertz CT molecular complexity index is 673. The first-order valence-electron chi connectivity index (χ1n) is 6.51. The molecule has 2 rings (SSSR count). The molecule has 0 bridgehead atoms. The maximum atomic E-state index is 13.1. The molecule has 3 nitrogen and oxygen atoms in total. The molecule has 0 radical (unpaired) electrons. The Labute approximate surface area is 127 Å². The fourth-order valence-corrected chi connectivity index (χ4v) is 2.64. The number of thioether (sulfide) groups is 1. The first kappa shape index (κ1) is 15.4. The number of amides is 1. The first-order valence-corrected chi connectivity index (χ1v) is 7.50. The predicted octanol–water partition coefficient (Wildman–Crippen LogP) is 3.76. The topological polar surface area (TPSA) is 55.1 Å². The van der Waals surface area contributed by atoms with Crippen molar-refractivity contribution in [3.63, 3.8) is 0 Å². The minimum atomic E-state index is -0.360. The van der Waals surface area contributed by atoms with Crippen molar-refractivity contribution in [1.29, 1.82) is 0 Å². The number of benzene rings is 2. The van der Waals surface area contributed by atoms with Crippen LogP contribution in [0.25, 0.3) is 0 Å². The fourth-order valence-electron chi connectivity index (χ4n) is 1.85. The largest absolute Gasteiger partial charge is 0.398 e. The summed E-state index contributed by atoms with van der Waals surface area (Å²) < 4.78 is 13.1. The van der Waals surface area contributed by atoms with Crippen LogP contribution in [0.1, 0.15) is 11.1 Å². The lowest BCUT2D eigenvalue weighted by molar-refractivity contribution is -0.113. The van der Waals surface area contributed by atoms with E-state index in [4.69, 9.17) is 5.73 Å². The summed E-state index contributed by atoms with van der Waals surface area (Å²) in [6.45, 7) is 3.95. The molecule has 0 aromatic heterocycles. The van der Waals surface area contributed by atoms with Gasteiger partial charge < -0.3 is 11.1 Å². The van der Waals surface area contributed by atoms with Crippen LogP contribution in [-0.2, 0) is 4.79 Å². The van der Waals surface area contributed by atoms with E-state index in [1.54, 1.807) is 0 Å². The molecule has 2 aromatic carbocycles. The third kappa shape index (κ3) is 3.98. The number of hydrogen-bond acceptors (Lipinski definition) is 3. The number of carbonyl (C=O) groups is 1. The molecule has 110 valence electrons. The van der Waals surface area contributed by atoms with E-state index in [-0.39, 0.29) is 17.5 Å². The van der Waals surface area contributed by atoms with Crippen LogP contribution in [0.2, 0.25) is 0 Å². The molecule has 0 fully saturated rings. The number of hydrogen-bond donors (Lipinski definition) is 2. The number of nitrogens with one attached hydrogen (secondary N) is 1. The van der Waals surface area contributed by atoms with Gasteiger partial charge in [-0.3, -0.25) is 4.79 Å². The average Bonchev–Trinajstić information content (AvgIpc) is 2.45. The third-order valence-corrected chi connectivity index (χ3v) is 4.28. The van der Waals surface area contributed by atoms with Gasteiger partial charge in [-0.2, -0.15) is 0 Å². The molecule has 0 aliphatic heterocycles. The van der Waals surface area contributed by atoms with Crippen molar-refractivity contribution >= 4 is 29.0 Å². The van der Waals surface area contributed by atoms with E-state index in [9.17, 15) is 9.18 Å². The molecule has 3 N–H and O–H groups in total. The Morgan fingerprint density at radius 1 is 1.29 bits per heavy atom. The number of nitrogen functional groups attached to an aromatic ring is 1. The molecule has 0 saturated carbocycles. The summed E-state index contributed by atoms with van der Waals surface area (Å²) in [6.07, 6.45) is 0. The highest BCUT2D eigenvalue weighted by molar-refractivity contribution is 8.00. The zero-order chi connectivity index (χ0) is 15.4. The van der Waals surface area contributed by atoms with Crippen molar-refractivity contribution in [1.82, 2.24) is 0 Å². The third-order valence-electron chi connectivity index (χ3n) is 3.21. The molecule has 0 spiro atoms. The number of nitrogens with two attached hydrogens (primary N) is 1. The van der Waals surface area contributed by atoms with Gasteiger partial charge in [0.25, 0.3) is 0 Å². The maximum absolute atomic E-state index is 13.1. The van der Waals surface area contributed by atoms with Crippen LogP contribution in [-0.4, -0.2) is 11.7 Å². The van der Waals surface area contributed by atoms with Crippen molar-refractivity contribution in [3.8, 4) is 0 Å². The Morgan fingerprint density at radius 3 is 2.81 bits per heavy atom. The highest BCUT2D eigenvalue weighted by Crippen LogP contribution is 2.26. The monoisotopic (exact) mass is 304 g/mol. The van der Waals surface area contributed by atoms with Gasteiger partial charge in [0, 0.05) is 16.3 Å². The zero-order valence-corrected chi connectivity index (χ0v) is 12.8. The maximum Gasteiger partial charge on any atom is 0.234 e. The summed E-state index contributed by atoms with van der Waals surface area (Å²) >= 11 is 1.22. The van der Waals surface area contributed by atoms with Crippen LogP contribution in [0.15, 0.2) is 41.3 Å². The second-order valence-corrected chi connectivity index (χ2v) is 5.78. The number of anilines is 2. The number of carbonyl (C=O) groups excluding carboxylic acids is 1. The van der Waals surface area contributed by atoms with Gasteiger partial charge in [-0.1, -0.05) is 12.1 Å². The molecule has 21 heavy (non-hydrogen) atoms. The summed E-state index contributed by atoms with van der Waals surface area (Å²) in [5, 5.41) is 2.86. The van der Waals surface area contributed by atoms with E-state index in [2.05, 4.69) is 5.32 Å². The predicted molar refractivity (Wildman–Crippen MR) is 86.1 cm³/mol. The van der Waals surface area contributed by atoms with E-state index in [0.29, 0.717) is 10.6 Å². The SMILES string of the molecule is Cc1cccc(NC(=O)CSc2cc(F)ccc2N)c1C. The lowest BCUT2D eigenvalue weighted by Gasteiger charge is -2.10.